The van der Waals surface area contributed by atoms with Crippen LogP contribution in [-0.4, -0.2) is 29.6 Å². The average Bonchev–Trinajstić information content (AvgIpc) is 2.16. The van der Waals surface area contributed by atoms with Crippen LogP contribution in [0.25, 0.3) is 0 Å². The van der Waals surface area contributed by atoms with Gasteiger partial charge in [-0.3, -0.25) is 0 Å². The van der Waals surface area contributed by atoms with E-state index in [-0.39, 0.29) is 13.2 Å². The zero-order chi connectivity index (χ0) is 9.94. The molecule has 13 heavy (non-hydrogen) atoms. The van der Waals surface area contributed by atoms with Gasteiger partial charge in [0.2, 0.25) is 0 Å². The first-order valence-electron chi connectivity index (χ1n) is 5.17. The monoisotopic (exact) mass is 192 g/mol. The third-order valence-corrected chi connectivity index (χ3v) is 2.12. The molecule has 0 radical (unpaired) electrons. The molecule has 0 aromatic carbocycles. The standard InChI is InChI=1S/C10H21FO2/c11-10(9-13)7-5-3-1-2-4-6-8-12/h10,12-13H,1-9H2. The van der Waals surface area contributed by atoms with Crippen LogP contribution in [0, 0.1) is 0 Å². The van der Waals surface area contributed by atoms with E-state index in [0.717, 1.165) is 38.5 Å². The molecule has 3 heteroatoms. The number of aliphatic hydroxyl groups excluding tert-OH is 2. The molecule has 1 unspecified atom stereocenters. The second-order valence-electron chi connectivity index (χ2n) is 3.41. The molecular formula is C10H21FO2. The lowest BCUT2D eigenvalue weighted by Crippen LogP contribution is -2.04. The SMILES string of the molecule is OCCCCCCCCC(F)CO. The van der Waals surface area contributed by atoms with Crippen LogP contribution in [0.3, 0.4) is 0 Å². The van der Waals surface area contributed by atoms with E-state index in [9.17, 15) is 4.39 Å². The van der Waals surface area contributed by atoms with Crippen LogP contribution in [0.5, 0.6) is 0 Å². The number of hydrogen-bond donors (Lipinski definition) is 2. The van der Waals surface area contributed by atoms with E-state index in [0.29, 0.717) is 6.42 Å². The van der Waals surface area contributed by atoms with Crippen molar-refractivity contribution in [3.05, 3.63) is 0 Å². The number of aliphatic hydroxyl groups is 2. The molecular weight excluding hydrogens is 171 g/mol. The van der Waals surface area contributed by atoms with Gasteiger partial charge in [0.05, 0.1) is 6.61 Å². The molecule has 0 fully saturated rings. The Morgan fingerprint density at radius 1 is 0.846 bits per heavy atom. The first kappa shape index (κ1) is 12.8. The molecule has 0 aliphatic carbocycles. The molecule has 0 spiro atoms. The summed E-state index contributed by atoms with van der Waals surface area (Å²) < 4.78 is 12.5. The average molecular weight is 192 g/mol. The summed E-state index contributed by atoms with van der Waals surface area (Å²) in [5, 5.41) is 16.9. The van der Waals surface area contributed by atoms with Gasteiger partial charge in [0.15, 0.2) is 0 Å². The van der Waals surface area contributed by atoms with Crippen LogP contribution in [-0.2, 0) is 0 Å². The van der Waals surface area contributed by atoms with Gasteiger partial charge in [0, 0.05) is 6.61 Å². The van der Waals surface area contributed by atoms with Crippen molar-refractivity contribution in [3.8, 4) is 0 Å². The fourth-order valence-corrected chi connectivity index (χ4v) is 1.28. The second kappa shape index (κ2) is 9.93. The van der Waals surface area contributed by atoms with E-state index in [1.165, 1.54) is 0 Å². The smallest absolute Gasteiger partial charge is 0.123 e. The van der Waals surface area contributed by atoms with Crippen LogP contribution in [0.4, 0.5) is 4.39 Å². The predicted molar refractivity (Wildman–Crippen MR) is 51.4 cm³/mol. The van der Waals surface area contributed by atoms with Gasteiger partial charge in [-0.25, -0.2) is 4.39 Å². The minimum Gasteiger partial charge on any atom is -0.396 e. The van der Waals surface area contributed by atoms with Crippen LogP contribution >= 0.6 is 0 Å². The summed E-state index contributed by atoms with van der Waals surface area (Å²) in [5.74, 6) is 0. The fourth-order valence-electron chi connectivity index (χ4n) is 1.28. The number of alkyl halides is 1. The Kier molecular flexibility index (Phi) is 9.82. The molecule has 0 saturated heterocycles. The Bertz CT molecular complexity index is 98.9. The summed E-state index contributed by atoms with van der Waals surface area (Å²) in [6, 6.07) is 0. The summed E-state index contributed by atoms with van der Waals surface area (Å²) in [6.07, 6.45) is 5.52. The minimum atomic E-state index is -1.03. The normalized spacial score (nSPS) is 13.2. The molecule has 0 bridgehead atoms. The van der Waals surface area contributed by atoms with E-state index in [1.807, 2.05) is 0 Å². The van der Waals surface area contributed by atoms with Crippen LogP contribution in [0.2, 0.25) is 0 Å². The fraction of sp³-hybridized carbons (Fsp3) is 1.00. The van der Waals surface area contributed by atoms with Crippen LogP contribution in [0.15, 0.2) is 0 Å². The molecule has 0 rings (SSSR count). The Balaban J connectivity index is 2.91. The topological polar surface area (TPSA) is 40.5 Å². The summed E-state index contributed by atoms with van der Waals surface area (Å²) in [7, 11) is 0. The van der Waals surface area contributed by atoms with Crippen molar-refractivity contribution in [1.82, 2.24) is 0 Å². The summed E-state index contributed by atoms with van der Waals surface area (Å²) in [4.78, 5) is 0. The summed E-state index contributed by atoms with van der Waals surface area (Å²) in [5.41, 5.74) is 0. The molecule has 0 aromatic heterocycles. The molecule has 2 nitrogen and oxygen atoms in total. The molecule has 0 heterocycles. The van der Waals surface area contributed by atoms with Gasteiger partial charge in [-0.2, -0.15) is 0 Å². The number of hydrogen-bond acceptors (Lipinski definition) is 2. The minimum absolute atomic E-state index is 0.275. The van der Waals surface area contributed by atoms with Gasteiger partial charge in [0.1, 0.15) is 6.17 Å². The highest BCUT2D eigenvalue weighted by atomic mass is 19.1. The van der Waals surface area contributed by atoms with Crippen molar-refractivity contribution in [3.63, 3.8) is 0 Å². The van der Waals surface area contributed by atoms with Crippen LogP contribution in [0.1, 0.15) is 44.9 Å². The first-order chi connectivity index (χ1) is 6.31. The maximum Gasteiger partial charge on any atom is 0.123 e. The van der Waals surface area contributed by atoms with Crippen molar-refractivity contribution in [2.45, 2.75) is 51.1 Å². The highest BCUT2D eigenvalue weighted by Crippen LogP contribution is 2.09. The van der Waals surface area contributed by atoms with Crippen molar-refractivity contribution < 1.29 is 14.6 Å². The Morgan fingerprint density at radius 3 is 1.92 bits per heavy atom. The second-order valence-corrected chi connectivity index (χ2v) is 3.41. The molecule has 1 atom stereocenters. The van der Waals surface area contributed by atoms with Crippen molar-refractivity contribution in [2.24, 2.45) is 0 Å². The molecule has 0 aliphatic rings. The highest BCUT2D eigenvalue weighted by molar-refractivity contribution is 4.53. The van der Waals surface area contributed by atoms with Crippen molar-refractivity contribution in [1.29, 1.82) is 0 Å². The number of halogens is 1. The molecule has 0 amide bonds. The first-order valence-corrected chi connectivity index (χ1v) is 5.17. The summed E-state index contributed by atoms with van der Waals surface area (Å²) in [6.45, 7) is -0.0679. The van der Waals surface area contributed by atoms with Gasteiger partial charge >= 0.3 is 0 Å². The van der Waals surface area contributed by atoms with E-state index in [1.54, 1.807) is 0 Å². The lowest BCUT2D eigenvalue weighted by Gasteiger charge is -2.03. The van der Waals surface area contributed by atoms with E-state index in [4.69, 9.17) is 10.2 Å². The lowest BCUT2D eigenvalue weighted by molar-refractivity contribution is 0.167. The van der Waals surface area contributed by atoms with Gasteiger partial charge in [-0.05, 0) is 12.8 Å². The molecule has 0 aliphatic heterocycles. The molecule has 0 aromatic rings. The summed E-state index contributed by atoms with van der Waals surface area (Å²) >= 11 is 0. The number of unbranched alkanes of at least 4 members (excludes halogenated alkanes) is 5. The highest BCUT2D eigenvalue weighted by Gasteiger charge is 2.02. The lowest BCUT2D eigenvalue weighted by atomic mass is 10.1. The third-order valence-electron chi connectivity index (χ3n) is 2.12. The Labute approximate surface area is 79.8 Å². The van der Waals surface area contributed by atoms with E-state index >= 15 is 0 Å². The largest absolute Gasteiger partial charge is 0.396 e. The van der Waals surface area contributed by atoms with Crippen LogP contribution < -0.4 is 0 Å². The van der Waals surface area contributed by atoms with Crippen molar-refractivity contribution >= 4 is 0 Å². The molecule has 2 N–H and O–H groups in total. The van der Waals surface area contributed by atoms with E-state index in [2.05, 4.69) is 0 Å². The third kappa shape index (κ3) is 9.77. The maximum atomic E-state index is 12.5. The maximum absolute atomic E-state index is 12.5. The van der Waals surface area contributed by atoms with Gasteiger partial charge < -0.3 is 10.2 Å². The number of rotatable bonds is 9. The van der Waals surface area contributed by atoms with E-state index < -0.39 is 6.17 Å². The zero-order valence-corrected chi connectivity index (χ0v) is 8.21. The van der Waals surface area contributed by atoms with Gasteiger partial charge in [-0.15, -0.1) is 0 Å². The van der Waals surface area contributed by atoms with Crippen molar-refractivity contribution in [2.75, 3.05) is 13.2 Å². The quantitative estimate of drug-likeness (QED) is 0.549. The molecule has 80 valence electrons. The van der Waals surface area contributed by atoms with Gasteiger partial charge in [0.25, 0.3) is 0 Å². The van der Waals surface area contributed by atoms with Gasteiger partial charge in [-0.1, -0.05) is 32.1 Å². The Morgan fingerprint density at radius 2 is 1.38 bits per heavy atom. The predicted octanol–water partition coefficient (Wildman–Crippen LogP) is 2.04. The zero-order valence-electron chi connectivity index (χ0n) is 8.21. The molecule has 0 saturated carbocycles. The Hall–Kier alpha value is -0.150.